The molecule has 1 aromatic rings. The Balaban J connectivity index is 1.41. The molecule has 2 fully saturated rings. The van der Waals surface area contributed by atoms with Crippen LogP contribution in [0, 0.1) is 5.92 Å². The van der Waals surface area contributed by atoms with Gasteiger partial charge in [-0.3, -0.25) is 9.69 Å². The summed E-state index contributed by atoms with van der Waals surface area (Å²) in [6, 6.07) is 4.38. The van der Waals surface area contributed by atoms with Crippen molar-refractivity contribution in [1.82, 2.24) is 15.5 Å². The lowest BCUT2D eigenvalue weighted by atomic mass is 9.97. The molecule has 2 aliphatic heterocycles. The van der Waals surface area contributed by atoms with Crippen molar-refractivity contribution in [3.63, 3.8) is 0 Å². The maximum absolute atomic E-state index is 12.2. The molecular weight excluding hydrogens is 294 g/mol. The normalized spacial score (nSPS) is 26.7. The van der Waals surface area contributed by atoms with E-state index in [1.165, 1.54) is 37.1 Å². The van der Waals surface area contributed by atoms with Crippen molar-refractivity contribution in [1.29, 1.82) is 0 Å². The van der Waals surface area contributed by atoms with Crippen LogP contribution in [0.25, 0.3) is 0 Å². The van der Waals surface area contributed by atoms with Gasteiger partial charge >= 0.3 is 0 Å². The molecule has 1 unspecified atom stereocenters. The van der Waals surface area contributed by atoms with Gasteiger partial charge in [-0.15, -0.1) is 11.3 Å². The largest absolute Gasteiger partial charge is 0.354 e. The zero-order valence-electron chi connectivity index (χ0n) is 13.2. The quantitative estimate of drug-likeness (QED) is 0.874. The number of amides is 1. The summed E-state index contributed by atoms with van der Waals surface area (Å²) in [5.74, 6) is 0.802. The van der Waals surface area contributed by atoms with Crippen molar-refractivity contribution in [3.05, 3.63) is 22.4 Å². The summed E-state index contributed by atoms with van der Waals surface area (Å²) in [4.78, 5) is 16.2. The predicted octanol–water partition coefficient (Wildman–Crippen LogP) is 2.22. The molecule has 22 heavy (non-hydrogen) atoms. The van der Waals surface area contributed by atoms with Crippen LogP contribution in [0.4, 0.5) is 0 Å². The van der Waals surface area contributed by atoms with Crippen molar-refractivity contribution in [2.45, 2.75) is 44.7 Å². The molecule has 0 saturated carbocycles. The Kier molecular flexibility index (Phi) is 5.87. The van der Waals surface area contributed by atoms with E-state index in [9.17, 15) is 4.79 Å². The minimum atomic E-state index is 0.0413. The fraction of sp³-hybridized carbons (Fsp3) is 0.706. The number of nitrogens with zero attached hydrogens (tertiary/aromatic N) is 1. The van der Waals surface area contributed by atoms with E-state index in [0.29, 0.717) is 5.92 Å². The number of thiophene rings is 1. The van der Waals surface area contributed by atoms with Crippen molar-refractivity contribution < 1.29 is 4.79 Å². The zero-order valence-corrected chi connectivity index (χ0v) is 14.0. The number of piperidine rings is 2. The van der Waals surface area contributed by atoms with Gasteiger partial charge in [-0.25, -0.2) is 0 Å². The van der Waals surface area contributed by atoms with Crippen LogP contribution in [0.15, 0.2) is 17.5 Å². The van der Waals surface area contributed by atoms with Crippen LogP contribution in [-0.4, -0.2) is 43.0 Å². The van der Waals surface area contributed by atoms with E-state index in [0.717, 1.165) is 32.6 Å². The highest BCUT2D eigenvalue weighted by molar-refractivity contribution is 7.09. The van der Waals surface area contributed by atoms with Crippen LogP contribution in [-0.2, 0) is 11.3 Å². The molecule has 2 saturated heterocycles. The summed E-state index contributed by atoms with van der Waals surface area (Å²) in [6.45, 7) is 5.17. The van der Waals surface area contributed by atoms with Gasteiger partial charge in [0.25, 0.3) is 0 Å². The molecule has 0 aromatic carbocycles. The second-order valence-corrected chi connectivity index (χ2v) is 7.60. The van der Waals surface area contributed by atoms with E-state index in [-0.39, 0.29) is 11.9 Å². The Bertz CT molecular complexity index is 456. The smallest absolute Gasteiger partial charge is 0.237 e. The highest BCUT2D eigenvalue weighted by Crippen LogP contribution is 2.20. The van der Waals surface area contributed by atoms with E-state index >= 15 is 0 Å². The van der Waals surface area contributed by atoms with Gasteiger partial charge in [0.1, 0.15) is 0 Å². The first kappa shape index (κ1) is 16.0. The minimum absolute atomic E-state index is 0.0413. The third kappa shape index (κ3) is 4.54. The molecule has 1 amide bonds. The van der Waals surface area contributed by atoms with E-state index in [2.05, 4.69) is 33.0 Å². The van der Waals surface area contributed by atoms with Crippen LogP contribution >= 0.6 is 11.3 Å². The average molecular weight is 321 g/mol. The van der Waals surface area contributed by atoms with Gasteiger partial charge in [0.05, 0.1) is 6.04 Å². The fourth-order valence-corrected chi connectivity index (χ4v) is 4.27. The Labute approximate surface area is 137 Å². The molecule has 4 nitrogen and oxygen atoms in total. The second kappa shape index (κ2) is 8.09. The first-order valence-electron chi connectivity index (χ1n) is 8.57. The van der Waals surface area contributed by atoms with E-state index in [4.69, 9.17) is 0 Å². The summed E-state index contributed by atoms with van der Waals surface area (Å²) in [5, 5.41) is 8.65. The van der Waals surface area contributed by atoms with Crippen LogP contribution in [0.5, 0.6) is 0 Å². The predicted molar refractivity (Wildman–Crippen MR) is 91.0 cm³/mol. The lowest BCUT2D eigenvalue weighted by Crippen LogP contribution is -2.49. The van der Waals surface area contributed by atoms with Gasteiger partial charge in [0, 0.05) is 24.5 Å². The van der Waals surface area contributed by atoms with Crippen LogP contribution in [0.1, 0.15) is 37.0 Å². The third-order valence-corrected chi connectivity index (χ3v) is 5.62. The fourth-order valence-electron chi connectivity index (χ4n) is 3.53. The van der Waals surface area contributed by atoms with Crippen LogP contribution < -0.4 is 10.6 Å². The van der Waals surface area contributed by atoms with Crippen LogP contribution in [0.2, 0.25) is 0 Å². The van der Waals surface area contributed by atoms with Gasteiger partial charge < -0.3 is 10.6 Å². The average Bonchev–Trinajstić information content (AvgIpc) is 3.07. The molecule has 2 N–H and O–H groups in total. The summed E-state index contributed by atoms with van der Waals surface area (Å²) >= 11 is 1.84. The van der Waals surface area contributed by atoms with Crippen molar-refractivity contribution >= 4 is 17.2 Å². The Morgan fingerprint density at radius 1 is 1.36 bits per heavy atom. The number of rotatable bonds is 5. The molecule has 3 rings (SSSR count). The molecule has 5 heteroatoms. The molecule has 0 aliphatic carbocycles. The molecule has 122 valence electrons. The number of carbonyl (C=O) groups is 1. The standard InChI is InChI=1S/C17H27N3OS/c21-17(16-7-1-2-8-18-16)19-11-14-5-3-9-20(12-14)13-15-6-4-10-22-15/h4,6,10,14,16,18H,1-3,5,7-9,11-13H2,(H,19,21)/t14?,16-/m1/s1. The second-order valence-electron chi connectivity index (χ2n) is 6.57. The van der Waals surface area contributed by atoms with Crippen molar-refractivity contribution in [2.24, 2.45) is 5.92 Å². The first-order valence-corrected chi connectivity index (χ1v) is 9.45. The molecule has 0 radical (unpaired) electrons. The minimum Gasteiger partial charge on any atom is -0.354 e. The van der Waals surface area contributed by atoms with E-state index in [1.54, 1.807) is 0 Å². The number of carbonyl (C=O) groups excluding carboxylic acids is 1. The van der Waals surface area contributed by atoms with Crippen molar-refractivity contribution in [3.8, 4) is 0 Å². The monoisotopic (exact) mass is 321 g/mol. The molecule has 0 spiro atoms. The van der Waals surface area contributed by atoms with Gasteiger partial charge in [0.2, 0.25) is 5.91 Å². The lowest BCUT2D eigenvalue weighted by molar-refractivity contribution is -0.123. The number of likely N-dealkylation sites (tertiary alicyclic amines) is 1. The Morgan fingerprint density at radius 3 is 3.09 bits per heavy atom. The van der Waals surface area contributed by atoms with Crippen LogP contribution in [0.3, 0.4) is 0 Å². The molecule has 3 heterocycles. The Hall–Kier alpha value is -0.910. The number of hydrogen-bond donors (Lipinski definition) is 2. The molecule has 0 bridgehead atoms. The van der Waals surface area contributed by atoms with E-state index < -0.39 is 0 Å². The zero-order chi connectivity index (χ0) is 15.2. The molecule has 1 aromatic heterocycles. The summed E-state index contributed by atoms with van der Waals surface area (Å²) in [7, 11) is 0. The maximum atomic E-state index is 12.2. The van der Waals surface area contributed by atoms with E-state index in [1.807, 2.05) is 11.3 Å². The van der Waals surface area contributed by atoms with Crippen molar-refractivity contribution in [2.75, 3.05) is 26.2 Å². The molecule has 2 aliphatic rings. The molecular formula is C17H27N3OS. The van der Waals surface area contributed by atoms with Gasteiger partial charge in [-0.05, 0) is 56.1 Å². The number of hydrogen-bond acceptors (Lipinski definition) is 4. The van der Waals surface area contributed by atoms with Gasteiger partial charge in [0.15, 0.2) is 0 Å². The highest BCUT2D eigenvalue weighted by Gasteiger charge is 2.23. The number of nitrogens with one attached hydrogen (secondary N) is 2. The highest BCUT2D eigenvalue weighted by atomic mass is 32.1. The SMILES string of the molecule is O=C(NCC1CCCN(Cc2cccs2)C1)[C@H]1CCCCN1. The Morgan fingerprint density at radius 2 is 2.32 bits per heavy atom. The summed E-state index contributed by atoms with van der Waals surface area (Å²) in [6.07, 6.45) is 5.83. The molecule has 2 atom stereocenters. The topological polar surface area (TPSA) is 44.4 Å². The summed E-state index contributed by atoms with van der Waals surface area (Å²) < 4.78 is 0. The van der Waals surface area contributed by atoms with Gasteiger partial charge in [-0.2, -0.15) is 0 Å². The maximum Gasteiger partial charge on any atom is 0.237 e. The first-order chi connectivity index (χ1) is 10.8. The van der Waals surface area contributed by atoms with Gasteiger partial charge in [-0.1, -0.05) is 12.5 Å². The lowest BCUT2D eigenvalue weighted by Gasteiger charge is -2.33. The third-order valence-electron chi connectivity index (χ3n) is 4.75. The summed E-state index contributed by atoms with van der Waals surface area (Å²) in [5.41, 5.74) is 0.